The number of ether oxygens (including phenoxy) is 2. The van der Waals surface area contributed by atoms with Crippen LogP contribution in [0.25, 0.3) is 0 Å². The number of benzene rings is 1. The number of hydrogen-bond donors (Lipinski definition) is 1. The number of nitrogens with one attached hydrogen (secondary N) is 1. The van der Waals surface area contributed by atoms with Crippen LogP contribution in [0.5, 0.6) is 0 Å². The molecule has 0 saturated heterocycles. The maximum Gasteiger partial charge on any atom is 0.0784 e. The summed E-state index contributed by atoms with van der Waals surface area (Å²) in [5, 5.41) is 3.57. The van der Waals surface area contributed by atoms with Crippen LogP contribution in [0.3, 0.4) is 0 Å². The van der Waals surface area contributed by atoms with Gasteiger partial charge in [0.05, 0.1) is 24.9 Å². The second-order valence-electron chi connectivity index (χ2n) is 4.95. The van der Waals surface area contributed by atoms with Gasteiger partial charge in [-0.05, 0) is 32.4 Å². The molecule has 0 spiro atoms. The minimum absolute atomic E-state index is 0.106. The lowest BCUT2D eigenvalue weighted by Crippen LogP contribution is -2.35. The van der Waals surface area contributed by atoms with E-state index in [1.165, 1.54) is 5.56 Å². The molecule has 0 aliphatic carbocycles. The Balaban J connectivity index is 2.67. The quantitative estimate of drug-likeness (QED) is 0.744. The molecule has 108 valence electrons. The summed E-state index contributed by atoms with van der Waals surface area (Å²) < 4.78 is 11.1. The van der Waals surface area contributed by atoms with E-state index < -0.39 is 0 Å². The number of hydrogen-bond acceptors (Lipinski definition) is 3. The maximum absolute atomic E-state index is 6.02. The van der Waals surface area contributed by atoms with Gasteiger partial charge >= 0.3 is 0 Å². The summed E-state index contributed by atoms with van der Waals surface area (Å²) in [6.45, 7) is 7.95. The van der Waals surface area contributed by atoms with E-state index in [4.69, 9.17) is 9.47 Å². The predicted molar refractivity (Wildman–Crippen MR) is 79.4 cm³/mol. The molecule has 1 rings (SSSR count). The fourth-order valence-corrected chi connectivity index (χ4v) is 2.23. The van der Waals surface area contributed by atoms with Crippen molar-refractivity contribution in [2.24, 2.45) is 0 Å². The summed E-state index contributed by atoms with van der Waals surface area (Å²) in [7, 11) is 1.70. The molecule has 1 N–H and O–H groups in total. The molecule has 19 heavy (non-hydrogen) atoms. The SMILES string of the molecule is CCCNC(c1ccccc1)C(C)OC(C)COC. The Kier molecular flexibility index (Phi) is 7.72. The van der Waals surface area contributed by atoms with Crippen LogP contribution in [-0.4, -0.2) is 32.5 Å². The second-order valence-corrected chi connectivity index (χ2v) is 4.95. The van der Waals surface area contributed by atoms with Gasteiger partial charge in [0.25, 0.3) is 0 Å². The highest BCUT2D eigenvalue weighted by Gasteiger charge is 2.20. The van der Waals surface area contributed by atoms with E-state index in [0.29, 0.717) is 6.61 Å². The minimum atomic E-state index is 0.106. The Hall–Kier alpha value is -0.900. The summed E-state index contributed by atoms with van der Waals surface area (Å²) in [5.74, 6) is 0. The first-order valence-corrected chi connectivity index (χ1v) is 7.11. The highest BCUT2D eigenvalue weighted by molar-refractivity contribution is 5.20. The topological polar surface area (TPSA) is 30.5 Å². The molecule has 3 unspecified atom stereocenters. The van der Waals surface area contributed by atoms with Crippen LogP contribution in [0, 0.1) is 0 Å². The third kappa shape index (κ3) is 5.72. The van der Waals surface area contributed by atoms with Gasteiger partial charge in [0.2, 0.25) is 0 Å². The van der Waals surface area contributed by atoms with Crippen LogP contribution in [0.15, 0.2) is 30.3 Å². The van der Waals surface area contributed by atoms with Crippen LogP contribution >= 0.6 is 0 Å². The highest BCUT2D eigenvalue weighted by atomic mass is 16.5. The van der Waals surface area contributed by atoms with Crippen LogP contribution < -0.4 is 5.32 Å². The van der Waals surface area contributed by atoms with Crippen LogP contribution in [0.2, 0.25) is 0 Å². The number of methoxy groups -OCH3 is 1. The fraction of sp³-hybridized carbons (Fsp3) is 0.625. The van der Waals surface area contributed by atoms with Gasteiger partial charge in [0.1, 0.15) is 0 Å². The van der Waals surface area contributed by atoms with E-state index in [1.807, 2.05) is 13.0 Å². The van der Waals surface area contributed by atoms with E-state index in [-0.39, 0.29) is 18.2 Å². The Morgan fingerprint density at radius 3 is 2.42 bits per heavy atom. The molecule has 0 aromatic heterocycles. The first kappa shape index (κ1) is 16.2. The van der Waals surface area contributed by atoms with Crippen LogP contribution in [0.4, 0.5) is 0 Å². The van der Waals surface area contributed by atoms with Gasteiger partial charge < -0.3 is 14.8 Å². The molecule has 0 radical (unpaired) electrons. The smallest absolute Gasteiger partial charge is 0.0784 e. The predicted octanol–water partition coefficient (Wildman–Crippen LogP) is 3.17. The summed E-state index contributed by atoms with van der Waals surface area (Å²) in [6.07, 6.45) is 1.33. The zero-order valence-electron chi connectivity index (χ0n) is 12.6. The molecule has 0 fully saturated rings. The molecule has 0 aliphatic heterocycles. The van der Waals surface area contributed by atoms with Crippen molar-refractivity contribution >= 4 is 0 Å². The van der Waals surface area contributed by atoms with Crippen molar-refractivity contribution in [1.29, 1.82) is 0 Å². The Morgan fingerprint density at radius 1 is 1.16 bits per heavy atom. The van der Waals surface area contributed by atoms with Crippen molar-refractivity contribution in [3.63, 3.8) is 0 Å². The van der Waals surface area contributed by atoms with E-state index in [0.717, 1.165) is 13.0 Å². The molecule has 0 amide bonds. The lowest BCUT2D eigenvalue weighted by atomic mass is 10.0. The molecule has 0 bridgehead atoms. The molecule has 0 heterocycles. The third-order valence-corrected chi connectivity index (χ3v) is 3.09. The van der Waals surface area contributed by atoms with Gasteiger partial charge in [-0.15, -0.1) is 0 Å². The van der Waals surface area contributed by atoms with Gasteiger partial charge in [-0.2, -0.15) is 0 Å². The van der Waals surface area contributed by atoms with Gasteiger partial charge in [-0.25, -0.2) is 0 Å². The summed E-state index contributed by atoms with van der Waals surface area (Å²) in [4.78, 5) is 0. The van der Waals surface area contributed by atoms with Crippen LogP contribution in [0.1, 0.15) is 38.8 Å². The van der Waals surface area contributed by atoms with Crippen molar-refractivity contribution in [3.05, 3.63) is 35.9 Å². The zero-order chi connectivity index (χ0) is 14.1. The zero-order valence-corrected chi connectivity index (χ0v) is 12.6. The molecule has 0 saturated carbocycles. The molecule has 1 aromatic carbocycles. The van der Waals surface area contributed by atoms with Gasteiger partial charge in [0.15, 0.2) is 0 Å². The highest BCUT2D eigenvalue weighted by Crippen LogP contribution is 2.20. The molecule has 3 nitrogen and oxygen atoms in total. The van der Waals surface area contributed by atoms with E-state index in [2.05, 4.69) is 43.4 Å². The monoisotopic (exact) mass is 265 g/mol. The Labute approximate surface area is 117 Å². The molecule has 0 aliphatic rings. The fourth-order valence-electron chi connectivity index (χ4n) is 2.23. The third-order valence-electron chi connectivity index (χ3n) is 3.09. The minimum Gasteiger partial charge on any atom is -0.382 e. The Bertz CT molecular complexity index is 329. The first-order chi connectivity index (χ1) is 9.19. The lowest BCUT2D eigenvalue weighted by Gasteiger charge is -2.28. The van der Waals surface area contributed by atoms with Crippen LogP contribution in [-0.2, 0) is 9.47 Å². The lowest BCUT2D eigenvalue weighted by molar-refractivity contribution is -0.0457. The number of rotatable bonds is 9. The van der Waals surface area contributed by atoms with Gasteiger partial charge in [-0.3, -0.25) is 0 Å². The molecule has 3 heteroatoms. The van der Waals surface area contributed by atoms with Crippen molar-refractivity contribution in [3.8, 4) is 0 Å². The maximum atomic E-state index is 6.02. The normalized spacial score (nSPS) is 16.0. The largest absolute Gasteiger partial charge is 0.382 e. The summed E-state index contributed by atoms with van der Waals surface area (Å²) >= 11 is 0. The molecular formula is C16H27NO2. The second kappa shape index (κ2) is 9.08. The molecule has 3 atom stereocenters. The average molecular weight is 265 g/mol. The first-order valence-electron chi connectivity index (χ1n) is 7.11. The van der Waals surface area contributed by atoms with Gasteiger partial charge in [0, 0.05) is 7.11 Å². The molecular weight excluding hydrogens is 238 g/mol. The van der Waals surface area contributed by atoms with E-state index >= 15 is 0 Å². The standard InChI is InChI=1S/C16H27NO2/c1-5-11-17-16(15-9-7-6-8-10-15)14(3)19-13(2)12-18-4/h6-10,13-14,16-17H,5,11-12H2,1-4H3. The molecule has 1 aromatic rings. The van der Waals surface area contributed by atoms with Crippen molar-refractivity contribution in [2.45, 2.75) is 45.4 Å². The van der Waals surface area contributed by atoms with Gasteiger partial charge in [-0.1, -0.05) is 37.3 Å². The Morgan fingerprint density at radius 2 is 1.84 bits per heavy atom. The summed E-state index contributed by atoms with van der Waals surface area (Å²) in [6, 6.07) is 10.7. The van der Waals surface area contributed by atoms with Crippen molar-refractivity contribution in [2.75, 3.05) is 20.3 Å². The van der Waals surface area contributed by atoms with Crippen molar-refractivity contribution in [1.82, 2.24) is 5.32 Å². The van der Waals surface area contributed by atoms with E-state index in [9.17, 15) is 0 Å². The van der Waals surface area contributed by atoms with Crippen molar-refractivity contribution < 1.29 is 9.47 Å². The average Bonchev–Trinajstić information content (AvgIpc) is 2.40. The summed E-state index contributed by atoms with van der Waals surface area (Å²) in [5.41, 5.74) is 1.27. The van der Waals surface area contributed by atoms with E-state index in [1.54, 1.807) is 7.11 Å².